The molecule has 0 bridgehead atoms. The lowest BCUT2D eigenvalue weighted by Crippen LogP contribution is -2.47. The van der Waals surface area contributed by atoms with Crippen LogP contribution in [0.5, 0.6) is 0 Å². The maximum absolute atomic E-state index is 13.6. The zero-order valence-corrected chi connectivity index (χ0v) is 12.4. The lowest BCUT2D eigenvalue weighted by atomic mass is 9.90. The predicted molar refractivity (Wildman–Crippen MR) is 72.2 cm³/mol. The van der Waals surface area contributed by atoms with Crippen LogP contribution < -0.4 is 4.72 Å². The van der Waals surface area contributed by atoms with Crippen molar-refractivity contribution in [2.24, 2.45) is 0 Å². The van der Waals surface area contributed by atoms with Crippen LogP contribution in [-0.4, -0.2) is 38.7 Å². The summed E-state index contributed by atoms with van der Waals surface area (Å²) in [5, 5.41) is 8.91. The van der Waals surface area contributed by atoms with Gasteiger partial charge in [-0.1, -0.05) is 0 Å². The molecular formula is C13H16FNO5S. The highest BCUT2D eigenvalue weighted by molar-refractivity contribution is 7.89. The lowest BCUT2D eigenvalue weighted by Gasteiger charge is -2.34. The van der Waals surface area contributed by atoms with Crippen LogP contribution in [0.25, 0.3) is 0 Å². The minimum atomic E-state index is -3.88. The van der Waals surface area contributed by atoms with Gasteiger partial charge in [0.1, 0.15) is 5.82 Å². The molecule has 1 fully saturated rings. The Bertz CT molecular complexity index is 667. The van der Waals surface area contributed by atoms with E-state index < -0.39 is 27.4 Å². The number of methoxy groups -OCH3 is 1. The number of carbonyl (C=O) groups is 1. The number of hydrogen-bond acceptors (Lipinski definition) is 4. The molecule has 1 aromatic rings. The smallest absolute Gasteiger partial charge is 0.338 e. The van der Waals surface area contributed by atoms with Crippen LogP contribution in [0.15, 0.2) is 17.0 Å². The third-order valence-electron chi connectivity index (χ3n) is 3.52. The van der Waals surface area contributed by atoms with Crippen LogP contribution in [-0.2, 0) is 14.8 Å². The van der Waals surface area contributed by atoms with Crippen LogP contribution in [0.3, 0.4) is 0 Å². The molecule has 1 aliphatic rings. The SMILES string of the molecule is COC1CC(NS(=O)(=O)c2cc(C)c(F)c(C(=O)O)c2)C1. The molecule has 2 N–H and O–H groups in total. The molecule has 1 aliphatic carbocycles. The largest absolute Gasteiger partial charge is 0.478 e. The zero-order valence-electron chi connectivity index (χ0n) is 11.6. The van der Waals surface area contributed by atoms with Crippen molar-refractivity contribution >= 4 is 16.0 Å². The number of nitrogens with one attached hydrogen (secondary N) is 1. The van der Waals surface area contributed by atoms with Gasteiger partial charge in [0, 0.05) is 13.2 Å². The van der Waals surface area contributed by atoms with Crippen molar-refractivity contribution in [1.29, 1.82) is 0 Å². The van der Waals surface area contributed by atoms with Crippen LogP contribution in [0.2, 0.25) is 0 Å². The molecule has 0 heterocycles. The molecule has 21 heavy (non-hydrogen) atoms. The maximum Gasteiger partial charge on any atom is 0.338 e. The highest BCUT2D eigenvalue weighted by Gasteiger charge is 2.33. The molecule has 0 spiro atoms. The molecule has 6 nitrogen and oxygen atoms in total. The van der Waals surface area contributed by atoms with Crippen LogP contribution in [0.1, 0.15) is 28.8 Å². The van der Waals surface area contributed by atoms with Gasteiger partial charge in [0.2, 0.25) is 10.0 Å². The van der Waals surface area contributed by atoms with E-state index in [1.807, 2.05) is 0 Å². The topological polar surface area (TPSA) is 92.7 Å². The fraction of sp³-hybridized carbons (Fsp3) is 0.462. The molecule has 2 rings (SSSR count). The van der Waals surface area contributed by atoms with Gasteiger partial charge in [-0.2, -0.15) is 0 Å². The first-order chi connectivity index (χ1) is 9.74. The van der Waals surface area contributed by atoms with Gasteiger partial charge in [-0.15, -0.1) is 0 Å². The molecule has 0 aromatic heterocycles. The highest BCUT2D eigenvalue weighted by atomic mass is 32.2. The van der Waals surface area contributed by atoms with Gasteiger partial charge in [0.25, 0.3) is 0 Å². The predicted octanol–water partition coefficient (Wildman–Crippen LogP) is 1.29. The lowest BCUT2D eigenvalue weighted by molar-refractivity contribution is 0.0236. The monoisotopic (exact) mass is 317 g/mol. The molecule has 0 atom stereocenters. The van der Waals surface area contributed by atoms with E-state index in [-0.39, 0.29) is 22.6 Å². The number of hydrogen-bond donors (Lipinski definition) is 2. The first kappa shape index (κ1) is 15.9. The van der Waals surface area contributed by atoms with Crippen molar-refractivity contribution in [2.75, 3.05) is 7.11 Å². The number of aryl methyl sites for hydroxylation is 1. The Hall–Kier alpha value is -1.51. The number of aromatic carboxylic acids is 1. The minimum absolute atomic E-state index is 0.0290. The Morgan fingerprint density at radius 1 is 1.43 bits per heavy atom. The molecule has 1 saturated carbocycles. The third kappa shape index (κ3) is 3.22. The summed E-state index contributed by atoms with van der Waals surface area (Å²) in [6, 6.07) is 1.70. The maximum atomic E-state index is 13.6. The second kappa shape index (κ2) is 5.70. The van der Waals surface area contributed by atoms with E-state index in [9.17, 15) is 17.6 Å². The Labute approximate surface area is 122 Å². The highest BCUT2D eigenvalue weighted by Crippen LogP contribution is 2.25. The van der Waals surface area contributed by atoms with E-state index in [0.717, 1.165) is 12.1 Å². The number of rotatable bonds is 5. The Balaban J connectivity index is 2.26. The number of halogens is 1. The van der Waals surface area contributed by atoms with Crippen LogP contribution in [0.4, 0.5) is 4.39 Å². The van der Waals surface area contributed by atoms with Crippen molar-refractivity contribution in [3.63, 3.8) is 0 Å². The molecule has 0 amide bonds. The second-order valence-corrected chi connectivity index (χ2v) is 6.77. The van der Waals surface area contributed by atoms with E-state index in [1.165, 1.54) is 6.92 Å². The molecule has 0 saturated heterocycles. The number of benzene rings is 1. The summed E-state index contributed by atoms with van der Waals surface area (Å²) in [6.45, 7) is 1.32. The summed E-state index contributed by atoms with van der Waals surface area (Å²) in [4.78, 5) is 10.7. The number of ether oxygens (including phenoxy) is 1. The average Bonchev–Trinajstić information content (AvgIpc) is 2.35. The standard InChI is InChI=1S/C13H16FNO5S/c1-7-3-10(6-11(12(7)14)13(16)17)21(18,19)15-8-4-9(5-8)20-2/h3,6,8-9,15H,4-5H2,1-2H3,(H,16,17). The molecule has 8 heteroatoms. The Morgan fingerprint density at radius 3 is 2.57 bits per heavy atom. The summed E-state index contributed by atoms with van der Waals surface area (Å²) < 4.78 is 45.6. The first-order valence-electron chi connectivity index (χ1n) is 6.33. The summed E-state index contributed by atoms with van der Waals surface area (Å²) in [7, 11) is -2.33. The Kier molecular flexibility index (Phi) is 4.31. The summed E-state index contributed by atoms with van der Waals surface area (Å²) >= 11 is 0. The third-order valence-corrected chi connectivity index (χ3v) is 5.02. The van der Waals surface area contributed by atoms with Crippen molar-refractivity contribution in [3.8, 4) is 0 Å². The molecule has 0 unspecified atom stereocenters. The number of carboxylic acids is 1. The van der Waals surface area contributed by atoms with Crippen molar-refractivity contribution in [3.05, 3.63) is 29.1 Å². The van der Waals surface area contributed by atoms with Gasteiger partial charge < -0.3 is 9.84 Å². The summed E-state index contributed by atoms with van der Waals surface area (Å²) in [5.74, 6) is -2.43. The first-order valence-corrected chi connectivity index (χ1v) is 7.81. The molecule has 0 radical (unpaired) electrons. The normalized spacial score (nSPS) is 21.9. The van der Waals surface area contributed by atoms with Crippen LogP contribution >= 0.6 is 0 Å². The number of carboxylic acid groups (broad SMARTS) is 1. The summed E-state index contributed by atoms with van der Waals surface area (Å²) in [5.41, 5.74) is -0.683. The van der Waals surface area contributed by atoms with E-state index in [1.54, 1.807) is 7.11 Å². The Morgan fingerprint density at radius 2 is 2.05 bits per heavy atom. The van der Waals surface area contributed by atoms with Gasteiger partial charge in [0.05, 0.1) is 16.6 Å². The van der Waals surface area contributed by atoms with Gasteiger partial charge in [-0.05, 0) is 37.5 Å². The van der Waals surface area contributed by atoms with E-state index in [2.05, 4.69) is 4.72 Å². The summed E-state index contributed by atoms with van der Waals surface area (Å²) in [6.07, 6.45) is 1.14. The fourth-order valence-electron chi connectivity index (χ4n) is 2.19. The molecular weight excluding hydrogens is 301 g/mol. The van der Waals surface area contributed by atoms with E-state index in [0.29, 0.717) is 12.8 Å². The zero-order chi connectivity index (χ0) is 15.8. The van der Waals surface area contributed by atoms with Gasteiger partial charge in [-0.25, -0.2) is 22.3 Å². The van der Waals surface area contributed by atoms with Gasteiger partial charge in [0.15, 0.2) is 0 Å². The fourth-order valence-corrected chi connectivity index (χ4v) is 3.56. The van der Waals surface area contributed by atoms with Crippen molar-refractivity contribution in [1.82, 2.24) is 4.72 Å². The van der Waals surface area contributed by atoms with Gasteiger partial charge in [-0.3, -0.25) is 0 Å². The van der Waals surface area contributed by atoms with Crippen molar-refractivity contribution < 1.29 is 27.4 Å². The second-order valence-electron chi connectivity index (χ2n) is 5.05. The quantitative estimate of drug-likeness (QED) is 0.853. The van der Waals surface area contributed by atoms with Gasteiger partial charge >= 0.3 is 5.97 Å². The van der Waals surface area contributed by atoms with Crippen molar-refractivity contribution in [2.45, 2.75) is 36.8 Å². The molecule has 1 aromatic carbocycles. The molecule has 0 aliphatic heterocycles. The molecule has 116 valence electrons. The van der Waals surface area contributed by atoms with E-state index in [4.69, 9.17) is 9.84 Å². The minimum Gasteiger partial charge on any atom is -0.478 e. The average molecular weight is 317 g/mol. The number of sulfonamides is 1. The van der Waals surface area contributed by atoms with E-state index >= 15 is 0 Å². The van der Waals surface area contributed by atoms with Crippen LogP contribution in [0, 0.1) is 12.7 Å².